The quantitative estimate of drug-likeness (QED) is 0.854. The molecular weight excluding hydrogens is 224 g/mol. The van der Waals surface area contributed by atoms with Crippen molar-refractivity contribution < 1.29 is 5.11 Å². The molecule has 2 atom stereocenters. The average molecular weight is 248 g/mol. The Hall–Kier alpha value is -0.900. The van der Waals surface area contributed by atoms with Crippen LogP contribution in [0.2, 0.25) is 0 Å². The normalized spacial score (nSPS) is 21.4. The fourth-order valence-electron chi connectivity index (χ4n) is 2.64. The maximum atomic E-state index is 9.41. The summed E-state index contributed by atoms with van der Waals surface area (Å²) in [5.74, 6) is 0. The van der Waals surface area contributed by atoms with Crippen molar-refractivity contribution in [1.29, 1.82) is 0 Å². The Morgan fingerprint density at radius 2 is 2.22 bits per heavy atom. The summed E-state index contributed by atoms with van der Waals surface area (Å²) in [7, 11) is 2.16. The van der Waals surface area contributed by atoms with Crippen molar-refractivity contribution >= 4 is 0 Å². The number of rotatable bonds is 4. The smallest absolute Gasteiger partial charge is 0.0524 e. The average Bonchev–Trinajstić information content (AvgIpc) is 2.58. The first-order valence-electron chi connectivity index (χ1n) is 6.85. The van der Waals surface area contributed by atoms with Crippen LogP contribution in [-0.2, 0) is 6.54 Å². The highest BCUT2D eigenvalue weighted by molar-refractivity contribution is 5.31. The Balaban J connectivity index is 2.12. The van der Waals surface area contributed by atoms with E-state index in [0.29, 0.717) is 6.04 Å². The SMILES string of the molecule is CC(O)CCN(C)C1CCNCc2ccccc21. The second-order valence-electron chi connectivity index (χ2n) is 5.30. The standard InChI is InChI=1S/C15H24N2O/c1-12(18)8-10-17(2)15-7-9-16-11-13-5-3-4-6-14(13)15/h3-6,12,15-16,18H,7-11H2,1-2H3. The largest absolute Gasteiger partial charge is 0.393 e. The molecule has 0 spiro atoms. The molecule has 1 aromatic rings. The molecule has 1 aromatic carbocycles. The molecule has 3 heteroatoms. The summed E-state index contributed by atoms with van der Waals surface area (Å²) in [6.45, 7) is 4.82. The van der Waals surface area contributed by atoms with Crippen molar-refractivity contribution in [3.05, 3.63) is 35.4 Å². The Bertz CT molecular complexity index is 379. The molecule has 0 aliphatic carbocycles. The molecule has 0 aromatic heterocycles. The monoisotopic (exact) mass is 248 g/mol. The lowest BCUT2D eigenvalue weighted by molar-refractivity contribution is 0.147. The number of nitrogens with one attached hydrogen (secondary N) is 1. The summed E-state index contributed by atoms with van der Waals surface area (Å²) in [6, 6.07) is 9.16. The van der Waals surface area contributed by atoms with Gasteiger partial charge in [-0.1, -0.05) is 24.3 Å². The summed E-state index contributed by atoms with van der Waals surface area (Å²) in [5, 5.41) is 12.9. The minimum absolute atomic E-state index is 0.216. The molecule has 2 rings (SSSR count). The van der Waals surface area contributed by atoms with E-state index in [1.807, 2.05) is 6.92 Å². The molecule has 18 heavy (non-hydrogen) atoms. The van der Waals surface area contributed by atoms with Gasteiger partial charge in [0.05, 0.1) is 6.10 Å². The molecule has 1 aliphatic heterocycles. The number of fused-ring (bicyclic) bond motifs is 1. The van der Waals surface area contributed by atoms with Crippen LogP contribution in [0.3, 0.4) is 0 Å². The first-order chi connectivity index (χ1) is 8.68. The van der Waals surface area contributed by atoms with E-state index in [0.717, 1.165) is 32.5 Å². The predicted molar refractivity (Wildman–Crippen MR) is 74.4 cm³/mol. The van der Waals surface area contributed by atoms with Crippen LogP contribution in [0.25, 0.3) is 0 Å². The molecule has 0 saturated heterocycles. The Labute approximate surface area is 110 Å². The van der Waals surface area contributed by atoms with Gasteiger partial charge in [0.15, 0.2) is 0 Å². The molecule has 0 saturated carbocycles. The van der Waals surface area contributed by atoms with Crippen molar-refractivity contribution in [2.45, 2.75) is 38.5 Å². The third-order valence-electron chi connectivity index (χ3n) is 3.76. The molecular formula is C15H24N2O. The maximum absolute atomic E-state index is 9.41. The fraction of sp³-hybridized carbons (Fsp3) is 0.600. The Morgan fingerprint density at radius 1 is 1.44 bits per heavy atom. The van der Waals surface area contributed by atoms with Crippen LogP contribution in [0.1, 0.15) is 36.9 Å². The van der Waals surface area contributed by atoms with Crippen molar-refractivity contribution in [2.24, 2.45) is 0 Å². The van der Waals surface area contributed by atoms with Gasteiger partial charge in [0.2, 0.25) is 0 Å². The highest BCUT2D eigenvalue weighted by Crippen LogP contribution is 2.28. The molecule has 0 amide bonds. The number of aliphatic hydroxyl groups is 1. The van der Waals surface area contributed by atoms with Crippen LogP contribution < -0.4 is 5.32 Å². The van der Waals surface area contributed by atoms with Gasteiger partial charge in [-0.05, 0) is 44.5 Å². The van der Waals surface area contributed by atoms with Crippen LogP contribution in [0.5, 0.6) is 0 Å². The van der Waals surface area contributed by atoms with E-state index in [1.165, 1.54) is 11.1 Å². The fourth-order valence-corrected chi connectivity index (χ4v) is 2.64. The van der Waals surface area contributed by atoms with E-state index >= 15 is 0 Å². The minimum Gasteiger partial charge on any atom is -0.393 e. The van der Waals surface area contributed by atoms with Gasteiger partial charge in [-0.15, -0.1) is 0 Å². The van der Waals surface area contributed by atoms with Crippen LogP contribution in [0, 0.1) is 0 Å². The van der Waals surface area contributed by atoms with E-state index in [-0.39, 0.29) is 6.10 Å². The highest BCUT2D eigenvalue weighted by atomic mass is 16.3. The molecule has 0 radical (unpaired) electrons. The predicted octanol–water partition coefficient (Wildman–Crippen LogP) is 1.92. The maximum Gasteiger partial charge on any atom is 0.0524 e. The van der Waals surface area contributed by atoms with Gasteiger partial charge in [-0.2, -0.15) is 0 Å². The van der Waals surface area contributed by atoms with Crippen LogP contribution in [0.4, 0.5) is 0 Å². The van der Waals surface area contributed by atoms with Crippen LogP contribution in [0.15, 0.2) is 24.3 Å². The van der Waals surface area contributed by atoms with E-state index in [1.54, 1.807) is 0 Å². The zero-order chi connectivity index (χ0) is 13.0. The van der Waals surface area contributed by atoms with Crippen molar-refractivity contribution in [1.82, 2.24) is 10.2 Å². The lowest BCUT2D eigenvalue weighted by Gasteiger charge is -2.29. The lowest BCUT2D eigenvalue weighted by atomic mass is 9.98. The summed E-state index contributed by atoms with van der Waals surface area (Å²) in [6.07, 6.45) is 1.75. The number of nitrogens with zero attached hydrogens (tertiary/aromatic N) is 1. The minimum atomic E-state index is -0.216. The first-order valence-corrected chi connectivity index (χ1v) is 6.85. The molecule has 0 fully saturated rings. The van der Waals surface area contributed by atoms with Gasteiger partial charge >= 0.3 is 0 Å². The summed E-state index contributed by atoms with van der Waals surface area (Å²) in [5.41, 5.74) is 2.85. The van der Waals surface area contributed by atoms with E-state index in [2.05, 4.69) is 41.5 Å². The topological polar surface area (TPSA) is 35.5 Å². The molecule has 2 N–H and O–H groups in total. The molecule has 0 bridgehead atoms. The van der Waals surface area contributed by atoms with Gasteiger partial charge in [-0.3, -0.25) is 4.90 Å². The first kappa shape index (κ1) is 13.5. The summed E-state index contributed by atoms with van der Waals surface area (Å²) >= 11 is 0. The Kier molecular flexibility index (Phi) is 4.75. The van der Waals surface area contributed by atoms with E-state index < -0.39 is 0 Å². The number of hydrogen-bond donors (Lipinski definition) is 2. The van der Waals surface area contributed by atoms with Gasteiger partial charge < -0.3 is 10.4 Å². The van der Waals surface area contributed by atoms with Crippen molar-refractivity contribution in [3.8, 4) is 0 Å². The number of hydrogen-bond acceptors (Lipinski definition) is 3. The van der Waals surface area contributed by atoms with Crippen molar-refractivity contribution in [2.75, 3.05) is 20.1 Å². The third kappa shape index (κ3) is 3.31. The summed E-state index contributed by atoms with van der Waals surface area (Å²) in [4.78, 5) is 2.37. The van der Waals surface area contributed by atoms with Crippen LogP contribution >= 0.6 is 0 Å². The number of aliphatic hydroxyl groups excluding tert-OH is 1. The van der Waals surface area contributed by atoms with E-state index in [4.69, 9.17) is 0 Å². The molecule has 1 heterocycles. The zero-order valence-electron chi connectivity index (χ0n) is 11.4. The lowest BCUT2D eigenvalue weighted by Crippen LogP contribution is -2.28. The third-order valence-corrected chi connectivity index (χ3v) is 3.76. The molecule has 3 nitrogen and oxygen atoms in total. The summed E-state index contributed by atoms with van der Waals surface area (Å²) < 4.78 is 0. The highest BCUT2D eigenvalue weighted by Gasteiger charge is 2.21. The van der Waals surface area contributed by atoms with Crippen LogP contribution in [-0.4, -0.2) is 36.2 Å². The molecule has 1 aliphatic rings. The van der Waals surface area contributed by atoms with Gasteiger partial charge in [0.25, 0.3) is 0 Å². The second kappa shape index (κ2) is 6.32. The zero-order valence-corrected chi connectivity index (χ0v) is 11.4. The Morgan fingerprint density at radius 3 is 3.00 bits per heavy atom. The van der Waals surface area contributed by atoms with Gasteiger partial charge in [-0.25, -0.2) is 0 Å². The molecule has 100 valence electrons. The number of benzene rings is 1. The van der Waals surface area contributed by atoms with Gasteiger partial charge in [0, 0.05) is 19.1 Å². The van der Waals surface area contributed by atoms with E-state index in [9.17, 15) is 5.11 Å². The molecule has 2 unspecified atom stereocenters. The van der Waals surface area contributed by atoms with Gasteiger partial charge in [0.1, 0.15) is 0 Å². The second-order valence-corrected chi connectivity index (χ2v) is 5.30. The van der Waals surface area contributed by atoms with Crippen molar-refractivity contribution in [3.63, 3.8) is 0 Å².